The van der Waals surface area contributed by atoms with Gasteiger partial charge < -0.3 is 20.9 Å². The third-order valence-corrected chi connectivity index (χ3v) is 2.43. The Kier molecular flexibility index (Phi) is 4.17. The Bertz CT molecular complexity index is 539. The minimum Gasteiger partial charge on any atom is -0.370 e. The van der Waals surface area contributed by atoms with Crippen LogP contribution in [0.1, 0.15) is 24.8 Å². The van der Waals surface area contributed by atoms with Crippen molar-refractivity contribution in [3.8, 4) is 0 Å². The summed E-state index contributed by atoms with van der Waals surface area (Å²) in [5, 5.41) is 10.2. The number of aryl methyl sites for hydroxylation is 1. The van der Waals surface area contributed by atoms with Crippen LogP contribution in [0.2, 0.25) is 0 Å². The lowest BCUT2D eigenvalue weighted by molar-refractivity contribution is 0.391. The molecule has 0 amide bonds. The number of hydrogen-bond acceptors (Lipinski definition) is 7. The molecular formula is C12H18N6O. The summed E-state index contributed by atoms with van der Waals surface area (Å²) >= 11 is 0. The van der Waals surface area contributed by atoms with E-state index in [-0.39, 0.29) is 5.95 Å². The van der Waals surface area contributed by atoms with Crippen LogP contribution in [0.3, 0.4) is 0 Å². The molecule has 0 radical (unpaired) electrons. The van der Waals surface area contributed by atoms with E-state index in [0.29, 0.717) is 18.2 Å². The molecular weight excluding hydrogens is 244 g/mol. The molecule has 0 aliphatic rings. The van der Waals surface area contributed by atoms with E-state index in [2.05, 4.69) is 32.7 Å². The first-order valence-corrected chi connectivity index (χ1v) is 6.22. The van der Waals surface area contributed by atoms with Crippen molar-refractivity contribution < 1.29 is 4.52 Å². The second-order valence-corrected chi connectivity index (χ2v) is 4.21. The topological polar surface area (TPSA) is 102 Å². The zero-order valence-electron chi connectivity index (χ0n) is 11.1. The highest BCUT2D eigenvalue weighted by atomic mass is 16.5. The summed E-state index contributed by atoms with van der Waals surface area (Å²) in [6, 6.07) is 3.69. The molecule has 7 nitrogen and oxygen atoms in total. The highest BCUT2D eigenvalue weighted by Gasteiger charge is 2.04. The maximum Gasteiger partial charge on any atom is 0.223 e. The second-order valence-electron chi connectivity index (χ2n) is 4.21. The Morgan fingerprint density at radius 1 is 1.21 bits per heavy atom. The molecule has 7 heteroatoms. The zero-order valence-corrected chi connectivity index (χ0v) is 11.1. The van der Waals surface area contributed by atoms with Gasteiger partial charge in [-0.1, -0.05) is 12.1 Å². The van der Waals surface area contributed by atoms with Crippen LogP contribution in [0, 0.1) is 6.92 Å². The number of rotatable bonds is 6. The molecule has 2 heterocycles. The summed E-state index contributed by atoms with van der Waals surface area (Å²) < 4.78 is 4.99. The number of hydrogen-bond donors (Lipinski definition) is 3. The highest BCUT2D eigenvalue weighted by Crippen LogP contribution is 2.13. The first-order valence-electron chi connectivity index (χ1n) is 6.22. The molecule has 0 bridgehead atoms. The molecule has 4 N–H and O–H groups in total. The maximum absolute atomic E-state index is 5.67. The molecule has 0 aliphatic heterocycles. The molecule has 0 unspecified atom stereocenters. The average molecular weight is 262 g/mol. The van der Waals surface area contributed by atoms with Crippen molar-refractivity contribution in [2.24, 2.45) is 0 Å². The number of nitrogens with one attached hydrogen (secondary N) is 2. The molecule has 2 aromatic rings. The van der Waals surface area contributed by atoms with Crippen molar-refractivity contribution >= 4 is 17.6 Å². The van der Waals surface area contributed by atoms with Gasteiger partial charge in [-0.25, -0.2) is 0 Å². The molecule has 0 saturated carbocycles. The van der Waals surface area contributed by atoms with Crippen LogP contribution in [0.5, 0.6) is 0 Å². The van der Waals surface area contributed by atoms with Crippen LogP contribution < -0.4 is 16.4 Å². The fourth-order valence-electron chi connectivity index (χ4n) is 1.58. The van der Waals surface area contributed by atoms with Gasteiger partial charge in [0.15, 0.2) is 0 Å². The Labute approximate surface area is 111 Å². The van der Waals surface area contributed by atoms with Gasteiger partial charge in [0.05, 0.1) is 6.54 Å². The monoisotopic (exact) mass is 262 g/mol. The number of anilines is 3. The standard InChI is InChI=1S/C12H18N6O/c1-3-4-14-10-6-11(17-12(13)16-10)15-7-9-5-8(2)19-18-9/h5-6H,3-4,7H2,1-2H3,(H4,13,14,15,16,17). The number of nitrogens with zero attached hydrogens (tertiary/aromatic N) is 3. The molecule has 102 valence electrons. The molecule has 0 atom stereocenters. The van der Waals surface area contributed by atoms with Gasteiger partial charge in [-0.15, -0.1) is 0 Å². The van der Waals surface area contributed by atoms with E-state index in [4.69, 9.17) is 10.3 Å². The molecule has 2 aromatic heterocycles. The molecule has 19 heavy (non-hydrogen) atoms. The predicted octanol–water partition coefficient (Wildman–Crippen LogP) is 1.79. The van der Waals surface area contributed by atoms with E-state index in [9.17, 15) is 0 Å². The fourth-order valence-corrected chi connectivity index (χ4v) is 1.58. The van der Waals surface area contributed by atoms with E-state index in [0.717, 1.165) is 24.4 Å². The van der Waals surface area contributed by atoms with E-state index < -0.39 is 0 Å². The Morgan fingerprint density at radius 3 is 2.58 bits per heavy atom. The number of aromatic nitrogens is 3. The first-order chi connectivity index (χ1) is 9.17. The lowest BCUT2D eigenvalue weighted by Gasteiger charge is -2.08. The zero-order chi connectivity index (χ0) is 13.7. The van der Waals surface area contributed by atoms with Crippen LogP contribution >= 0.6 is 0 Å². The van der Waals surface area contributed by atoms with E-state index in [1.165, 1.54) is 0 Å². The molecule has 0 aliphatic carbocycles. The van der Waals surface area contributed by atoms with Gasteiger partial charge in [0.1, 0.15) is 23.1 Å². The highest BCUT2D eigenvalue weighted by molar-refractivity contribution is 5.51. The lowest BCUT2D eigenvalue weighted by atomic mass is 10.3. The maximum atomic E-state index is 5.67. The van der Waals surface area contributed by atoms with Crippen LogP contribution in [-0.2, 0) is 6.54 Å². The van der Waals surface area contributed by atoms with Crippen LogP contribution in [0.15, 0.2) is 16.7 Å². The van der Waals surface area contributed by atoms with Crippen LogP contribution in [0.4, 0.5) is 17.6 Å². The Morgan fingerprint density at radius 2 is 1.95 bits per heavy atom. The fraction of sp³-hybridized carbons (Fsp3) is 0.417. The Hall–Kier alpha value is -2.31. The van der Waals surface area contributed by atoms with E-state index >= 15 is 0 Å². The predicted molar refractivity (Wildman–Crippen MR) is 73.8 cm³/mol. The van der Waals surface area contributed by atoms with E-state index in [1.807, 2.05) is 19.1 Å². The minimum absolute atomic E-state index is 0.236. The molecule has 2 rings (SSSR count). The largest absolute Gasteiger partial charge is 0.370 e. The van der Waals surface area contributed by atoms with Gasteiger partial charge >= 0.3 is 0 Å². The SMILES string of the molecule is CCCNc1cc(NCc2cc(C)on2)nc(N)n1. The van der Waals surface area contributed by atoms with Gasteiger partial charge in [0.25, 0.3) is 0 Å². The third-order valence-electron chi connectivity index (χ3n) is 2.43. The summed E-state index contributed by atoms with van der Waals surface area (Å²) in [6.07, 6.45) is 1.02. The molecule has 0 spiro atoms. The second kappa shape index (κ2) is 6.03. The average Bonchev–Trinajstić information content (AvgIpc) is 2.79. The third kappa shape index (κ3) is 3.84. The quantitative estimate of drug-likeness (QED) is 0.729. The molecule has 0 saturated heterocycles. The van der Waals surface area contributed by atoms with Crippen molar-refractivity contribution in [3.05, 3.63) is 23.6 Å². The van der Waals surface area contributed by atoms with Gasteiger partial charge in [-0.2, -0.15) is 9.97 Å². The summed E-state index contributed by atoms with van der Waals surface area (Å²) in [4.78, 5) is 8.23. The van der Waals surface area contributed by atoms with Gasteiger partial charge in [-0.05, 0) is 13.3 Å². The summed E-state index contributed by atoms with van der Waals surface area (Å²) in [7, 11) is 0. The summed E-state index contributed by atoms with van der Waals surface area (Å²) in [5.41, 5.74) is 6.49. The van der Waals surface area contributed by atoms with Crippen LogP contribution in [-0.4, -0.2) is 21.7 Å². The number of nitrogens with two attached hydrogens (primary N) is 1. The normalized spacial score (nSPS) is 10.4. The number of nitrogen functional groups attached to an aromatic ring is 1. The molecule has 0 fully saturated rings. The van der Waals surface area contributed by atoms with Crippen molar-refractivity contribution in [1.82, 2.24) is 15.1 Å². The Balaban J connectivity index is 2.01. The first kappa shape index (κ1) is 13.1. The summed E-state index contributed by atoms with van der Waals surface area (Å²) in [5.74, 6) is 2.39. The smallest absolute Gasteiger partial charge is 0.223 e. The lowest BCUT2D eigenvalue weighted by Crippen LogP contribution is -2.08. The van der Waals surface area contributed by atoms with E-state index in [1.54, 1.807) is 0 Å². The van der Waals surface area contributed by atoms with Gasteiger partial charge in [-0.3, -0.25) is 0 Å². The van der Waals surface area contributed by atoms with Crippen molar-refractivity contribution in [3.63, 3.8) is 0 Å². The van der Waals surface area contributed by atoms with Crippen molar-refractivity contribution in [1.29, 1.82) is 0 Å². The van der Waals surface area contributed by atoms with Gasteiger partial charge in [0, 0.05) is 18.7 Å². The van der Waals surface area contributed by atoms with Crippen molar-refractivity contribution in [2.45, 2.75) is 26.8 Å². The van der Waals surface area contributed by atoms with Gasteiger partial charge in [0.2, 0.25) is 5.95 Å². The van der Waals surface area contributed by atoms with Crippen LogP contribution in [0.25, 0.3) is 0 Å². The molecule has 0 aromatic carbocycles. The van der Waals surface area contributed by atoms with Crippen molar-refractivity contribution in [2.75, 3.05) is 22.9 Å². The summed E-state index contributed by atoms with van der Waals surface area (Å²) in [6.45, 7) is 5.31. The minimum atomic E-state index is 0.236.